The molecule has 124 valence electrons. The van der Waals surface area contributed by atoms with Crippen LogP contribution in [-0.4, -0.2) is 50.0 Å². The molecule has 0 radical (unpaired) electrons. The molecule has 1 aliphatic heterocycles. The van der Waals surface area contributed by atoms with Crippen molar-refractivity contribution >= 4 is 11.8 Å². The van der Waals surface area contributed by atoms with Gasteiger partial charge < -0.3 is 15.0 Å². The van der Waals surface area contributed by atoms with Gasteiger partial charge in [-0.05, 0) is 43.8 Å². The summed E-state index contributed by atoms with van der Waals surface area (Å²) in [6, 6.07) is 8.99. The molecule has 1 N–H and O–H groups in total. The van der Waals surface area contributed by atoms with E-state index in [2.05, 4.69) is 54.6 Å². The molecule has 4 heteroatoms. The Morgan fingerprint density at radius 1 is 1.36 bits per heavy atom. The SMILES string of the molecule is CCCCN1CCNC(COc2ccc(C(C)SC)cc2)C1. The van der Waals surface area contributed by atoms with Crippen molar-refractivity contribution in [3.8, 4) is 5.75 Å². The Bertz CT molecular complexity index is 424. The molecule has 1 fully saturated rings. The third-order valence-corrected chi connectivity index (χ3v) is 5.30. The molecule has 0 aliphatic carbocycles. The summed E-state index contributed by atoms with van der Waals surface area (Å²) < 4.78 is 5.97. The fraction of sp³-hybridized carbons (Fsp3) is 0.667. The maximum absolute atomic E-state index is 5.97. The number of unbranched alkanes of at least 4 members (excludes halogenated alkanes) is 1. The van der Waals surface area contributed by atoms with Gasteiger partial charge in [0, 0.05) is 24.9 Å². The van der Waals surface area contributed by atoms with Crippen LogP contribution in [0.4, 0.5) is 0 Å². The van der Waals surface area contributed by atoms with E-state index in [1.807, 2.05) is 11.8 Å². The summed E-state index contributed by atoms with van der Waals surface area (Å²) >= 11 is 1.87. The van der Waals surface area contributed by atoms with Crippen LogP contribution in [-0.2, 0) is 0 Å². The molecule has 3 nitrogen and oxygen atoms in total. The Morgan fingerprint density at radius 3 is 2.82 bits per heavy atom. The van der Waals surface area contributed by atoms with Crippen molar-refractivity contribution in [3.05, 3.63) is 29.8 Å². The molecular weight excluding hydrogens is 292 g/mol. The molecule has 0 spiro atoms. The quantitative estimate of drug-likeness (QED) is 0.791. The van der Waals surface area contributed by atoms with Crippen molar-refractivity contribution in [1.82, 2.24) is 10.2 Å². The van der Waals surface area contributed by atoms with Crippen molar-refractivity contribution < 1.29 is 4.74 Å². The van der Waals surface area contributed by atoms with Gasteiger partial charge in [0.15, 0.2) is 0 Å². The molecule has 22 heavy (non-hydrogen) atoms. The van der Waals surface area contributed by atoms with E-state index in [9.17, 15) is 0 Å². The van der Waals surface area contributed by atoms with Crippen LogP contribution >= 0.6 is 11.8 Å². The molecule has 1 heterocycles. The van der Waals surface area contributed by atoms with Crippen LogP contribution in [0.1, 0.15) is 37.5 Å². The van der Waals surface area contributed by atoms with Gasteiger partial charge in [-0.1, -0.05) is 25.5 Å². The second kappa shape index (κ2) is 9.43. The van der Waals surface area contributed by atoms with Crippen molar-refractivity contribution in [2.75, 3.05) is 39.0 Å². The number of nitrogens with one attached hydrogen (secondary N) is 1. The Hall–Kier alpha value is -0.710. The van der Waals surface area contributed by atoms with Gasteiger partial charge in [-0.15, -0.1) is 0 Å². The van der Waals surface area contributed by atoms with Gasteiger partial charge in [0.2, 0.25) is 0 Å². The highest BCUT2D eigenvalue weighted by Gasteiger charge is 2.19. The van der Waals surface area contributed by atoms with Gasteiger partial charge in [0.1, 0.15) is 12.4 Å². The molecule has 2 atom stereocenters. The van der Waals surface area contributed by atoms with E-state index in [1.165, 1.54) is 24.9 Å². The fourth-order valence-corrected chi connectivity index (χ4v) is 3.19. The maximum Gasteiger partial charge on any atom is 0.119 e. The first kappa shape index (κ1) is 17.6. The van der Waals surface area contributed by atoms with Gasteiger partial charge in [0.25, 0.3) is 0 Å². The summed E-state index contributed by atoms with van der Waals surface area (Å²) in [7, 11) is 0. The van der Waals surface area contributed by atoms with Crippen LogP contribution in [0, 0.1) is 0 Å². The number of piperazine rings is 1. The average Bonchev–Trinajstić information content (AvgIpc) is 2.58. The first-order valence-electron chi connectivity index (χ1n) is 8.44. The minimum absolute atomic E-state index is 0.440. The van der Waals surface area contributed by atoms with Crippen LogP contribution in [0.25, 0.3) is 0 Å². The van der Waals surface area contributed by atoms with Crippen LogP contribution < -0.4 is 10.1 Å². The predicted molar refractivity (Wildman–Crippen MR) is 97.0 cm³/mol. The summed E-state index contributed by atoms with van der Waals surface area (Å²) in [4.78, 5) is 2.55. The van der Waals surface area contributed by atoms with Gasteiger partial charge in [-0.25, -0.2) is 0 Å². The lowest BCUT2D eigenvalue weighted by molar-refractivity contribution is 0.156. The lowest BCUT2D eigenvalue weighted by Gasteiger charge is -2.33. The zero-order chi connectivity index (χ0) is 15.8. The summed E-state index contributed by atoms with van der Waals surface area (Å²) in [5, 5.41) is 4.11. The van der Waals surface area contributed by atoms with E-state index in [-0.39, 0.29) is 0 Å². The molecule has 2 rings (SSSR count). The second-order valence-corrected chi connectivity index (χ2v) is 7.24. The van der Waals surface area contributed by atoms with Crippen molar-refractivity contribution in [3.63, 3.8) is 0 Å². The molecule has 1 aromatic carbocycles. The molecule has 0 aromatic heterocycles. The minimum atomic E-state index is 0.440. The molecule has 1 saturated heterocycles. The lowest BCUT2D eigenvalue weighted by Crippen LogP contribution is -2.53. The molecule has 1 aromatic rings. The number of rotatable bonds is 8. The number of hydrogen-bond donors (Lipinski definition) is 1. The monoisotopic (exact) mass is 322 g/mol. The summed E-state index contributed by atoms with van der Waals surface area (Å²) in [5.41, 5.74) is 1.36. The molecular formula is C18H30N2OS. The van der Waals surface area contributed by atoms with E-state index in [4.69, 9.17) is 4.74 Å². The zero-order valence-corrected chi connectivity index (χ0v) is 15.0. The smallest absolute Gasteiger partial charge is 0.119 e. The number of benzene rings is 1. The average molecular weight is 323 g/mol. The Morgan fingerprint density at radius 2 is 2.14 bits per heavy atom. The first-order chi connectivity index (χ1) is 10.7. The molecule has 2 unspecified atom stereocenters. The summed E-state index contributed by atoms with van der Waals surface area (Å²) in [6.45, 7) is 9.79. The third-order valence-electron chi connectivity index (χ3n) is 4.32. The third kappa shape index (κ3) is 5.49. The number of ether oxygens (including phenoxy) is 1. The standard InChI is InChI=1S/C18H30N2OS/c1-4-5-11-20-12-10-19-17(13-20)14-21-18-8-6-16(7-9-18)15(2)22-3/h6-9,15,17,19H,4-5,10-14H2,1-3H3. The molecule has 0 amide bonds. The fourth-order valence-electron chi connectivity index (χ4n) is 2.76. The summed E-state index contributed by atoms with van der Waals surface area (Å²) in [5.74, 6) is 0.976. The van der Waals surface area contributed by atoms with Gasteiger partial charge in [-0.2, -0.15) is 11.8 Å². The lowest BCUT2D eigenvalue weighted by atomic mass is 10.1. The largest absolute Gasteiger partial charge is 0.492 e. The molecule has 1 aliphatic rings. The Labute approximate surface area is 139 Å². The maximum atomic E-state index is 5.97. The van der Waals surface area contributed by atoms with Crippen LogP contribution in [0.2, 0.25) is 0 Å². The topological polar surface area (TPSA) is 24.5 Å². The van der Waals surface area contributed by atoms with Gasteiger partial charge in [0.05, 0.1) is 6.04 Å². The normalized spacial score (nSPS) is 20.8. The number of hydrogen-bond acceptors (Lipinski definition) is 4. The second-order valence-electron chi connectivity index (χ2n) is 6.06. The Balaban J connectivity index is 1.77. The minimum Gasteiger partial charge on any atom is -0.492 e. The van der Waals surface area contributed by atoms with E-state index < -0.39 is 0 Å². The van der Waals surface area contributed by atoms with Crippen LogP contribution in [0.15, 0.2) is 24.3 Å². The van der Waals surface area contributed by atoms with Gasteiger partial charge in [-0.3, -0.25) is 0 Å². The number of nitrogens with zero attached hydrogens (tertiary/aromatic N) is 1. The van der Waals surface area contributed by atoms with Gasteiger partial charge >= 0.3 is 0 Å². The van der Waals surface area contributed by atoms with Crippen molar-refractivity contribution in [2.45, 2.75) is 38.0 Å². The molecule has 0 saturated carbocycles. The zero-order valence-electron chi connectivity index (χ0n) is 14.2. The van der Waals surface area contributed by atoms with E-state index >= 15 is 0 Å². The number of thioether (sulfide) groups is 1. The van der Waals surface area contributed by atoms with E-state index in [0.29, 0.717) is 11.3 Å². The van der Waals surface area contributed by atoms with E-state index in [1.54, 1.807) is 0 Å². The highest BCUT2D eigenvalue weighted by atomic mass is 32.2. The highest BCUT2D eigenvalue weighted by molar-refractivity contribution is 7.98. The predicted octanol–water partition coefficient (Wildman–Crippen LogP) is 3.56. The first-order valence-corrected chi connectivity index (χ1v) is 9.73. The highest BCUT2D eigenvalue weighted by Crippen LogP contribution is 2.27. The Kier molecular flexibility index (Phi) is 7.56. The van der Waals surface area contributed by atoms with Crippen LogP contribution in [0.5, 0.6) is 5.75 Å². The van der Waals surface area contributed by atoms with Crippen LogP contribution in [0.3, 0.4) is 0 Å². The van der Waals surface area contributed by atoms with Crippen molar-refractivity contribution in [2.24, 2.45) is 0 Å². The molecule has 0 bridgehead atoms. The van der Waals surface area contributed by atoms with Crippen molar-refractivity contribution in [1.29, 1.82) is 0 Å². The van der Waals surface area contributed by atoms with E-state index in [0.717, 1.165) is 32.0 Å². The summed E-state index contributed by atoms with van der Waals surface area (Å²) in [6.07, 6.45) is 4.71.